The molecule has 0 saturated carbocycles. The Morgan fingerprint density at radius 2 is 1.67 bits per heavy atom. The summed E-state index contributed by atoms with van der Waals surface area (Å²) < 4.78 is 0. The Balaban J connectivity index is 3.03. The lowest BCUT2D eigenvalue weighted by molar-refractivity contribution is 0.400. The molecule has 0 radical (unpaired) electrons. The molecule has 0 bridgehead atoms. The molecule has 0 saturated heterocycles. The first-order chi connectivity index (χ1) is 10.1. The van der Waals surface area contributed by atoms with Crippen LogP contribution >= 0.6 is 0 Å². The first-order valence-electron chi connectivity index (χ1n) is 8.05. The summed E-state index contributed by atoms with van der Waals surface area (Å²) >= 11 is 0. The molecule has 0 unspecified atom stereocenters. The quantitative estimate of drug-likeness (QED) is 0.753. The number of aromatic nitrogens is 2. The van der Waals surface area contributed by atoms with Gasteiger partial charge in [0, 0.05) is 25.2 Å². The van der Waals surface area contributed by atoms with E-state index in [9.17, 15) is 0 Å². The van der Waals surface area contributed by atoms with Crippen LogP contribution in [0.25, 0.3) is 0 Å². The molecule has 1 aromatic heterocycles. The zero-order valence-corrected chi connectivity index (χ0v) is 14.3. The smallest absolute Gasteiger partial charge is 0.156 e. The van der Waals surface area contributed by atoms with E-state index >= 15 is 0 Å². The Kier molecular flexibility index (Phi) is 7.61. The molecule has 0 spiro atoms. The minimum Gasteiger partial charge on any atom is -0.355 e. The van der Waals surface area contributed by atoms with Crippen LogP contribution in [-0.4, -0.2) is 48.8 Å². The number of aryl methyl sites for hydroxylation is 1. The average molecular weight is 293 g/mol. The molecule has 0 fully saturated rings. The van der Waals surface area contributed by atoms with Crippen molar-refractivity contribution in [3.8, 4) is 0 Å². The molecule has 2 N–H and O–H groups in total. The van der Waals surface area contributed by atoms with Crippen LogP contribution in [0.3, 0.4) is 0 Å². The fourth-order valence-corrected chi connectivity index (χ4v) is 2.70. The van der Waals surface area contributed by atoms with E-state index in [0.717, 1.165) is 50.4 Å². The molecule has 1 rings (SSSR count). The third-order valence-corrected chi connectivity index (χ3v) is 3.86. The van der Waals surface area contributed by atoms with Crippen LogP contribution in [0.4, 0.5) is 5.82 Å². The lowest BCUT2D eigenvalue weighted by Gasteiger charge is -2.26. The zero-order chi connectivity index (χ0) is 15.8. The minimum atomic E-state index is 0.533. The van der Waals surface area contributed by atoms with Gasteiger partial charge in [-0.1, -0.05) is 13.8 Å². The van der Waals surface area contributed by atoms with Crippen LogP contribution in [0.2, 0.25) is 0 Å². The zero-order valence-electron chi connectivity index (χ0n) is 14.3. The standard InChI is InChI=1S/C16H31N5/c1-6-13-14(12-17)16(19-18-15(13)7-2)21(8-3)11-9-10-20(4)5/h6-12,17H2,1-5H3. The van der Waals surface area contributed by atoms with E-state index in [1.807, 2.05) is 0 Å². The van der Waals surface area contributed by atoms with E-state index in [2.05, 4.69) is 54.9 Å². The van der Waals surface area contributed by atoms with Gasteiger partial charge in [0.05, 0.1) is 5.69 Å². The Labute approximate surface area is 129 Å². The SMILES string of the molecule is CCc1nnc(N(CC)CCCN(C)C)c(CN)c1CC. The molecule has 5 nitrogen and oxygen atoms in total. The predicted molar refractivity (Wildman–Crippen MR) is 89.7 cm³/mol. The van der Waals surface area contributed by atoms with Crippen molar-refractivity contribution >= 4 is 5.82 Å². The Bertz CT molecular complexity index is 431. The minimum absolute atomic E-state index is 0.533. The van der Waals surface area contributed by atoms with Gasteiger partial charge < -0.3 is 15.5 Å². The van der Waals surface area contributed by atoms with Crippen LogP contribution in [-0.2, 0) is 19.4 Å². The summed E-state index contributed by atoms with van der Waals surface area (Å²) in [4.78, 5) is 4.51. The summed E-state index contributed by atoms with van der Waals surface area (Å²) in [5.41, 5.74) is 9.57. The molecule has 5 heteroatoms. The van der Waals surface area contributed by atoms with Gasteiger partial charge in [-0.15, -0.1) is 5.10 Å². The second-order valence-corrected chi connectivity index (χ2v) is 5.58. The summed E-state index contributed by atoms with van der Waals surface area (Å²) in [5.74, 6) is 0.979. The number of hydrogen-bond acceptors (Lipinski definition) is 5. The molecule has 0 amide bonds. The highest BCUT2D eigenvalue weighted by Gasteiger charge is 2.17. The largest absolute Gasteiger partial charge is 0.355 e. The van der Waals surface area contributed by atoms with Crippen molar-refractivity contribution in [3.05, 3.63) is 16.8 Å². The molecule has 0 atom stereocenters. The maximum atomic E-state index is 6.02. The normalized spacial score (nSPS) is 11.2. The molecular formula is C16H31N5. The molecule has 120 valence electrons. The van der Waals surface area contributed by atoms with E-state index in [1.165, 1.54) is 11.1 Å². The third kappa shape index (κ3) is 4.64. The monoisotopic (exact) mass is 293 g/mol. The van der Waals surface area contributed by atoms with Gasteiger partial charge >= 0.3 is 0 Å². The van der Waals surface area contributed by atoms with Crippen LogP contribution in [0, 0.1) is 0 Å². The maximum Gasteiger partial charge on any atom is 0.156 e. The maximum absolute atomic E-state index is 6.02. The van der Waals surface area contributed by atoms with Crippen LogP contribution < -0.4 is 10.6 Å². The number of hydrogen-bond donors (Lipinski definition) is 1. The fraction of sp³-hybridized carbons (Fsp3) is 0.750. The van der Waals surface area contributed by atoms with E-state index in [-0.39, 0.29) is 0 Å². The summed E-state index contributed by atoms with van der Waals surface area (Å²) in [7, 11) is 4.21. The summed E-state index contributed by atoms with van der Waals surface area (Å²) in [6, 6.07) is 0. The van der Waals surface area contributed by atoms with E-state index in [1.54, 1.807) is 0 Å². The van der Waals surface area contributed by atoms with Gasteiger partial charge in [-0.25, -0.2) is 0 Å². The first-order valence-corrected chi connectivity index (χ1v) is 8.05. The van der Waals surface area contributed by atoms with Crippen molar-refractivity contribution in [1.29, 1.82) is 0 Å². The Morgan fingerprint density at radius 3 is 2.14 bits per heavy atom. The molecule has 1 aromatic rings. The molecule has 1 heterocycles. The highest BCUT2D eigenvalue weighted by Crippen LogP contribution is 2.23. The second kappa shape index (κ2) is 8.95. The van der Waals surface area contributed by atoms with E-state index < -0.39 is 0 Å². The van der Waals surface area contributed by atoms with Crippen molar-refractivity contribution in [1.82, 2.24) is 15.1 Å². The van der Waals surface area contributed by atoms with E-state index in [0.29, 0.717) is 6.54 Å². The fourth-order valence-electron chi connectivity index (χ4n) is 2.70. The third-order valence-electron chi connectivity index (χ3n) is 3.86. The van der Waals surface area contributed by atoms with Gasteiger partial charge in [-0.05, 0) is 52.4 Å². The number of nitrogens with zero attached hydrogens (tertiary/aromatic N) is 4. The van der Waals surface area contributed by atoms with Crippen molar-refractivity contribution in [2.45, 2.75) is 46.6 Å². The van der Waals surface area contributed by atoms with E-state index in [4.69, 9.17) is 5.73 Å². The number of rotatable bonds is 9. The van der Waals surface area contributed by atoms with Gasteiger partial charge in [0.15, 0.2) is 5.82 Å². The molecule has 21 heavy (non-hydrogen) atoms. The second-order valence-electron chi connectivity index (χ2n) is 5.58. The predicted octanol–water partition coefficient (Wildman–Crippen LogP) is 1.84. The Hall–Kier alpha value is -1.20. The van der Waals surface area contributed by atoms with Crippen LogP contribution in [0.15, 0.2) is 0 Å². The molecule has 0 aliphatic rings. The number of nitrogens with two attached hydrogens (primary N) is 1. The first kappa shape index (κ1) is 17.9. The van der Waals surface area contributed by atoms with Crippen LogP contribution in [0.1, 0.15) is 44.0 Å². The molecule has 0 aromatic carbocycles. The van der Waals surface area contributed by atoms with Gasteiger partial charge in [0.25, 0.3) is 0 Å². The summed E-state index contributed by atoms with van der Waals surface area (Å²) in [6.45, 7) is 9.99. The van der Waals surface area contributed by atoms with Crippen LogP contribution in [0.5, 0.6) is 0 Å². The lowest BCUT2D eigenvalue weighted by Crippen LogP contribution is -2.30. The highest BCUT2D eigenvalue weighted by atomic mass is 15.3. The van der Waals surface area contributed by atoms with Gasteiger partial charge in [-0.3, -0.25) is 0 Å². The van der Waals surface area contributed by atoms with Crippen molar-refractivity contribution in [2.24, 2.45) is 5.73 Å². The molecule has 0 aliphatic carbocycles. The molecular weight excluding hydrogens is 262 g/mol. The van der Waals surface area contributed by atoms with Gasteiger partial charge in [0.2, 0.25) is 0 Å². The van der Waals surface area contributed by atoms with Gasteiger partial charge in [0.1, 0.15) is 0 Å². The number of anilines is 1. The average Bonchev–Trinajstić information content (AvgIpc) is 2.49. The topological polar surface area (TPSA) is 58.3 Å². The molecule has 0 aliphatic heterocycles. The van der Waals surface area contributed by atoms with Crippen molar-refractivity contribution in [3.63, 3.8) is 0 Å². The summed E-state index contributed by atoms with van der Waals surface area (Å²) in [5, 5.41) is 8.91. The lowest BCUT2D eigenvalue weighted by atomic mass is 10.0. The highest BCUT2D eigenvalue weighted by molar-refractivity contribution is 5.51. The van der Waals surface area contributed by atoms with Crippen molar-refractivity contribution < 1.29 is 0 Å². The Morgan fingerprint density at radius 1 is 0.952 bits per heavy atom. The van der Waals surface area contributed by atoms with Crippen molar-refractivity contribution in [2.75, 3.05) is 38.6 Å². The summed E-state index contributed by atoms with van der Waals surface area (Å²) in [6.07, 6.45) is 2.99. The van der Waals surface area contributed by atoms with Gasteiger partial charge in [-0.2, -0.15) is 5.10 Å².